The summed E-state index contributed by atoms with van der Waals surface area (Å²) < 4.78 is 20.1. The van der Waals surface area contributed by atoms with E-state index in [0.717, 1.165) is 9.58 Å². The molecule has 3 heterocycles. The monoisotopic (exact) mass is 334 g/mol. The van der Waals surface area contributed by atoms with Gasteiger partial charge in [-0.25, -0.2) is 4.39 Å². The first-order valence-corrected chi connectivity index (χ1v) is 8.45. The number of ether oxygens (including phenoxy) is 1. The molecule has 4 rings (SSSR count). The molecular formula is C15H11FN2O2S2. The number of thiophene rings is 1. The molecular weight excluding hydrogens is 323 g/mol. The number of benzene rings is 1. The third-order valence-corrected chi connectivity index (χ3v) is 5.25. The van der Waals surface area contributed by atoms with Crippen LogP contribution < -0.4 is 4.74 Å². The van der Waals surface area contributed by atoms with Gasteiger partial charge in [-0.2, -0.15) is 4.98 Å². The van der Waals surface area contributed by atoms with Gasteiger partial charge in [-0.3, -0.25) is 4.79 Å². The number of amides is 1. The highest BCUT2D eigenvalue weighted by molar-refractivity contribution is 7.20. The smallest absolute Gasteiger partial charge is 0.274 e. The zero-order valence-corrected chi connectivity index (χ0v) is 13.0. The fourth-order valence-corrected chi connectivity index (χ4v) is 3.91. The SMILES string of the molecule is O=C(c1cccs1)N1CC(Oc2nc3c(F)cccc3s2)C1. The first-order chi connectivity index (χ1) is 10.7. The zero-order chi connectivity index (χ0) is 15.1. The molecule has 0 aliphatic carbocycles. The fourth-order valence-electron chi connectivity index (χ4n) is 2.32. The Kier molecular flexibility index (Phi) is 3.31. The molecule has 0 unspecified atom stereocenters. The topological polar surface area (TPSA) is 42.4 Å². The van der Waals surface area contributed by atoms with E-state index in [9.17, 15) is 9.18 Å². The molecule has 0 N–H and O–H groups in total. The molecule has 0 atom stereocenters. The van der Waals surface area contributed by atoms with Crippen LogP contribution >= 0.6 is 22.7 Å². The van der Waals surface area contributed by atoms with Gasteiger partial charge in [0.2, 0.25) is 0 Å². The number of aromatic nitrogens is 1. The van der Waals surface area contributed by atoms with Gasteiger partial charge in [0, 0.05) is 0 Å². The predicted molar refractivity (Wildman–Crippen MR) is 84.2 cm³/mol. The van der Waals surface area contributed by atoms with Gasteiger partial charge in [0.05, 0.1) is 22.7 Å². The second-order valence-electron chi connectivity index (χ2n) is 4.99. The normalized spacial score (nSPS) is 15.0. The maximum Gasteiger partial charge on any atom is 0.274 e. The lowest BCUT2D eigenvalue weighted by atomic mass is 10.1. The van der Waals surface area contributed by atoms with Crippen molar-refractivity contribution in [2.24, 2.45) is 0 Å². The molecule has 1 aliphatic heterocycles. The highest BCUT2D eigenvalue weighted by atomic mass is 32.1. The van der Waals surface area contributed by atoms with Crippen LogP contribution in [-0.2, 0) is 0 Å². The van der Waals surface area contributed by atoms with Gasteiger partial charge in [0.15, 0.2) is 0 Å². The number of hydrogen-bond donors (Lipinski definition) is 0. The highest BCUT2D eigenvalue weighted by Crippen LogP contribution is 2.31. The van der Waals surface area contributed by atoms with Crippen molar-refractivity contribution >= 4 is 38.8 Å². The molecule has 0 bridgehead atoms. The summed E-state index contributed by atoms with van der Waals surface area (Å²) in [4.78, 5) is 18.7. The third kappa shape index (κ3) is 2.36. The van der Waals surface area contributed by atoms with Crippen molar-refractivity contribution in [3.8, 4) is 5.19 Å². The van der Waals surface area contributed by atoms with E-state index < -0.39 is 0 Å². The number of nitrogens with zero attached hydrogens (tertiary/aromatic N) is 2. The van der Waals surface area contributed by atoms with Crippen molar-refractivity contribution in [2.75, 3.05) is 13.1 Å². The van der Waals surface area contributed by atoms with Gasteiger partial charge in [-0.05, 0) is 23.6 Å². The predicted octanol–water partition coefficient (Wildman–Crippen LogP) is 3.40. The molecule has 7 heteroatoms. The summed E-state index contributed by atoms with van der Waals surface area (Å²) in [7, 11) is 0. The van der Waals surface area contributed by atoms with Crippen molar-refractivity contribution < 1.29 is 13.9 Å². The van der Waals surface area contributed by atoms with E-state index in [1.807, 2.05) is 23.6 Å². The Morgan fingerprint density at radius 1 is 1.32 bits per heavy atom. The van der Waals surface area contributed by atoms with Crippen LogP contribution in [0.1, 0.15) is 9.67 Å². The molecule has 1 aliphatic rings. The minimum Gasteiger partial charge on any atom is -0.463 e. The van der Waals surface area contributed by atoms with E-state index in [-0.39, 0.29) is 17.8 Å². The first kappa shape index (κ1) is 13.7. The summed E-state index contributed by atoms with van der Waals surface area (Å²) in [5.74, 6) is -0.308. The van der Waals surface area contributed by atoms with Crippen LogP contribution in [-0.4, -0.2) is 35.0 Å². The number of likely N-dealkylation sites (tertiary alicyclic amines) is 1. The first-order valence-electron chi connectivity index (χ1n) is 6.75. The Bertz CT molecular complexity index is 825. The number of fused-ring (bicyclic) bond motifs is 1. The van der Waals surface area contributed by atoms with Crippen LogP contribution in [0.2, 0.25) is 0 Å². The lowest BCUT2D eigenvalue weighted by Gasteiger charge is -2.37. The van der Waals surface area contributed by atoms with Crippen molar-refractivity contribution in [1.82, 2.24) is 9.88 Å². The van der Waals surface area contributed by atoms with Crippen molar-refractivity contribution in [3.05, 3.63) is 46.4 Å². The summed E-state index contributed by atoms with van der Waals surface area (Å²) >= 11 is 2.76. The molecule has 3 aromatic rings. The van der Waals surface area contributed by atoms with Crippen LogP contribution in [0.3, 0.4) is 0 Å². The Morgan fingerprint density at radius 3 is 2.91 bits per heavy atom. The molecule has 112 valence electrons. The number of halogens is 1. The summed E-state index contributed by atoms with van der Waals surface area (Å²) in [6.07, 6.45) is -0.0764. The van der Waals surface area contributed by atoms with Gasteiger partial charge in [0.1, 0.15) is 17.4 Å². The van der Waals surface area contributed by atoms with Crippen LogP contribution in [0.25, 0.3) is 10.2 Å². The van der Waals surface area contributed by atoms with E-state index in [2.05, 4.69) is 4.98 Å². The van der Waals surface area contributed by atoms with Gasteiger partial charge in [0.25, 0.3) is 11.1 Å². The number of thiazole rings is 1. The van der Waals surface area contributed by atoms with Gasteiger partial charge in [-0.15, -0.1) is 11.3 Å². The van der Waals surface area contributed by atoms with Gasteiger partial charge >= 0.3 is 0 Å². The molecule has 1 fully saturated rings. The summed E-state index contributed by atoms with van der Waals surface area (Å²) in [6, 6.07) is 8.54. The Balaban J connectivity index is 1.41. The number of hydrogen-bond acceptors (Lipinski definition) is 5. The highest BCUT2D eigenvalue weighted by Gasteiger charge is 2.33. The molecule has 0 saturated carbocycles. The minimum atomic E-state index is -0.341. The van der Waals surface area contributed by atoms with Crippen LogP contribution in [0.4, 0.5) is 4.39 Å². The second-order valence-corrected chi connectivity index (χ2v) is 6.93. The summed E-state index contributed by atoms with van der Waals surface area (Å²) in [5, 5.41) is 2.34. The molecule has 0 radical (unpaired) electrons. The summed E-state index contributed by atoms with van der Waals surface area (Å²) in [6.45, 7) is 1.07. The van der Waals surface area contributed by atoms with Crippen LogP contribution in [0, 0.1) is 5.82 Å². The quantitative estimate of drug-likeness (QED) is 0.737. The molecule has 0 spiro atoms. The molecule has 1 saturated heterocycles. The standard InChI is InChI=1S/C15H11FN2O2S2/c16-10-3-1-4-11-13(10)17-15(22-11)20-9-7-18(8-9)14(19)12-5-2-6-21-12/h1-6,9H,7-8H2. The Morgan fingerprint density at radius 2 is 2.18 bits per heavy atom. The molecule has 1 aromatic carbocycles. The van der Waals surface area contributed by atoms with Crippen LogP contribution in [0.5, 0.6) is 5.19 Å². The third-order valence-electron chi connectivity index (χ3n) is 3.48. The van der Waals surface area contributed by atoms with Crippen molar-refractivity contribution in [1.29, 1.82) is 0 Å². The second kappa shape index (κ2) is 5.33. The van der Waals surface area contributed by atoms with E-state index in [1.54, 1.807) is 11.0 Å². The van der Waals surface area contributed by atoms with E-state index in [0.29, 0.717) is 23.8 Å². The lowest BCUT2D eigenvalue weighted by molar-refractivity contribution is 0.0181. The number of carbonyl (C=O) groups is 1. The number of para-hydroxylation sites is 1. The van der Waals surface area contributed by atoms with Crippen molar-refractivity contribution in [2.45, 2.75) is 6.10 Å². The molecule has 22 heavy (non-hydrogen) atoms. The van der Waals surface area contributed by atoms with E-state index in [1.165, 1.54) is 28.7 Å². The Labute approximate surface area is 133 Å². The van der Waals surface area contributed by atoms with Crippen LogP contribution in [0.15, 0.2) is 35.7 Å². The molecule has 4 nitrogen and oxygen atoms in total. The minimum absolute atomic E-state index is 0.0326. The maximum atomic E-state index is 13.6. The van der Waals surface area contributed by atoms with E-state index in [4.69, 9.17) is 4.74 Å². The molecule has 2 aromatic heterocycles. The zero-order valence-electron chi connectivity index (χ0n) is 11.4. The maximum absolute atomic E-state index is 13.6. The lowest BCUT2D eigenvalue weighted by Crippen LogP contribution is -2.56. The van der Waals surface area contributed by atoms with Gasteiger partial charge < -0.3 is 9.64 Å². The van der Waals surface area contributed by atoms with Gasteiger partial charge in [-0.1, -0.05) is 23.5 Å². The summed E-state index contributed by atoms with van der Waals surface area (Å²) in [5.41, 5.74) is 0.341. The number of carbonyl (C=O) groups excluding carboxylic acids is 1. The van der Waals surface area contributed by atoms with Crippen molar-refractivity contribution in [3.63, 3.8) is 0 Å². The average molecular weight is 334 g/mol. The fraction of sp³-hybridized carbons (Fsp3) is 0.200. The average Bonchev–Trinajstić information content (AvgIpc) is 3.11. The Hall–Kier alpha value is -1.99. The van der Waals surface area contributed by atoms with E-state index >= 15 is 0 Å². The largest absolute Gasteiger partial charge is 0.463 e. The number of rotatable bonds is 3. The molecule has 1 amide bonds.